The number of pyridine rings is 1. The van der Waals surface area contributed by atoms with Gasteiger partial charge in [0, 0.05) is 56.0 Å². The van der Waals surface area contributed by atoms with E-state index in [0.717, 1.165) is 48.3 Å². The second-order valence-electron chi connectivity index (χ2n) is 9.28. The number of Topliss-reactive ketones (excluding diaryl/α,β-unsaturated/α-hetero) is 1. The summed E-state index contributed by atoms with van der Waals surface area (Å²) in [5, 5.41) is 0. The van der Waals surface area contributed by atoms with Gasteiger partial charge in [-0.15, -0.1) is 0 Å². The average molecular weight is 473 g/mol. The summed E-state index contributed by atoms with van der Waals surface area (Å²) in [6, 6.07) is 19.6. The molecule has 2 aromatic carbocycles. The summed E-state index contributed by atoms with van der Waals surface area (Å²) in [7, 11) is 3.10. The lowest BCUT2D eigenvalue weighted by atomic mass is 9.84. The van der Waals surface area contributed by atoms with Crippen LogP contribution in [-0.4, -0.2) is 36.5 Å². The Morgan fingerprint density at radius 1 is 1.00 bits per heavy atom. The van der Waals surface area contributed by atoms with Crippen molar-refractivity contribution in [2.75, 3.05) is 25.1 Å². The summed E-state index contributed by atoms with van der Waals surface area (Å²) in [6.07, 6.45) is 3.50. The van der Waals surface area contributed by atoms with Gasteiger partial charge in [0.2, 0.25) is 5.56 Å². The molecule has 0 unspecified atom stereocenters. The molecule has 6 heteroatoms. The van der Waals surface area contributed by atoms with Gasteiger partial charge in [-0.05, 0) is 54.7 Å². The van der Waals surface area contributed by atoms with E-state index in [1.807, 2.05) is 12.1 Å². The van der Waals surface area contributed by atoms with Crippen molar-refractivity contribution in [2.24, 2.45) is 13.0 Å². The summed E-state index contributed by atoms with van der Waals surface area (Å²) in [5.41, 5.74) is 4.85. The summed E-state index contributed by atoms with van der Waals surface area (Å²) >= 11 is 0. The van der Waals surface area contributed by atoms with Crippen molar-refractivity contribution < 1.29 is 14.3 Å². The number of anilines is 1. The first kappa shape index (κ1) is 24.5. The molecule has 0 aliphatic carbocycles. The highest BCUT2D eigenvalue weighted by Crippen LogP contribution is 2.33. The monoisotopic (exact) mass is 472 g/mol. The predicted octanol–water partition coefficient (Wildman–Crippen LogP) is 4.49. The number of hydrogen-bond acceptors (Lipinski definition) is 5. The van der Waals surface area contributed by atoms with E-state index in [4.69, 9.17) is 4.74 Å². The molecule has 1 atom stereocenters. The molecular weight excluding hydrogens is 440 g/mol. The molecule has 1 saturated heterocycles. The highest BCUT2D eigenvalue weighted by atomic mass is 16.5. The van der Waals surface area contributed by atoms with Crippen LogP contribution >= 0.6 is 0 Å². The maximum absolute atomic E-state index is 13.2. The fourth-order valence-electron chi connectivity index (χ4n) is 4.90. The quantitative estimate of drug-likeness (QED) is 0.374. The van der Waals surface area contributed by atoms with E-state index in [1.54, 1.807) is 19.3 Å². The lowest BCUT2D eigenvalue weighted by Crippen LogP contribution is -2.36. The zero-order chi connectivity index (χ0) is 24.9. The third-order valence-electron chi connectivity index (χ3n) is 7.05. The largest absolute Gasteiger partial charge is 0.469 e. The number of esters is 1. The molecule has 0 spiro atoms. The van der Waals surface area contributed by atoms with E-state index in [1.165, 1.54) is 17.7 Å². The highest BCUT2D eigenvalue weighted by Gasteiger charge is 2.26. The van der Waals surface area contributed by atoms with Crippen molar-refractivity contribution in [3.63, 3.8) is 0 Å². The van der Waals surface area contributed by atoms with Crippen molar-refractivity contribution in [3.05, 3.63) is 99.5 Å². The molecule has 1 fully saturated rings. The van der Waals surface area contributed by atoms with Crippen LogP contribution in [0.5, 0.6) is 0 Å². The topological polar surface area (TPSA) is 68.6 Å². The molecule has 2 heterocycles. The minimum Gasteiger partial charge on any atom is -0.469 e. The number of aromatic nitrogens is 1. The van der Waals surface area contributed by atoms with E-state index < -0.39 is 0 Å². The van der Waals surface area contributed by atoms with Crippen LogP contribution in [0.25, 0.3) is 0 Å². The van der Waals surface area contributed by atoms with Crippen LogP contribution in [0.3, 0.4) is 0 Å². The Morgan fingerprint density at radius 3 is 2.31 bits per heavy atom. The third kappa shape index (κ3) is 5.53. The van der Waals surface area contributed by atoms with Gasteiger partial charge >= 0.3 is 5.97 Å². The summed E-state index contributed by atoms with van der Waals surface area (Å²) in [4.78, 5) is 39.1. The van der Waals surface area contributed by atoms with Crippen LogP contribution in [0.15, 0.2) is 71.7 Å². The van der Waals surface area contributed by atoms with E-state index in [0.29, 0.717) is 12.0 Å². The molecule has 0 saturated carbocycles. The van der Waals surface area contributed by atoms with E-state index in [-0.39, 0.29) is 29.1 Å². The van der Waals surface area contributed by atoms with Crippen molar-refractivity contribution in [1.29, 1.82) is 0 Å². The number of carbonyl (C=O) groups is 2. The molecule has 0 amide bonds. The zero-order valence-electron chi connectivity index (χ0n) is 20.6. The molecule has 0 radical (unpaired) electrons. The van der Waals surface area contributed by atoms with Gasteiger partial charge in [0.15, 0.2) is 5.78 Å². The Kier molecular flexibility index (Phi) is 7.49. The van der Waals surface area contributed by atoms with Crippen LogP contribution in [0, 0.1) is 12.8 Å². The molecule has 6 nitrogen and oxygen atoms in total. The van der Waals surface area contributed by atoms with Crippen LogP contribution in [0.2, 0.25) is 0 Å². The van der Waals surface area contributed by atoms with Crippen molar-refractivity contribution >= 4 is 17.4 Å². The van der Waals surface area contributed by atoms with Gasteiger partial charge in [0.1, 0.15) is 0 Å². The van der Waals surface area contributed by atoms with E-state index in [9.17, 15) is 14.4 Å². The summed E-state index contributed by atoms with van der Waals surface area (Å²) < 4.78 is 6.34. The van der Waals surface area contributed by atoms with Gasteiger partial charge in [-0.1, -0.05) is 36.4 Å². The van der Waals surface area contributed by atoms with Gasteiger partial charge in [-0.3, -0.25) is 14.4 Å². The number of nitrogens with zero attached hydrogens (tertiary/aromatic N) is 2. The predicted molar refractivity (Wildman–Crippen MR) is 137 cm³/mol. The Hall–Kier alpha value is -3.67. The van der Waals surface area contributed by atoms with Gasteiger partial charge in [0.25, 0.3) is 0 Å². The molecule has 0 N–H and O–H groups in total. The molecule has 1 aromatic heterocycles. The van der Waals surface area contributed by atoms with Crippen LogP contribution in [-0.2, 0) is 16.6 Å². The number of methoxy groups -OCH3 is 1. The number of carbonyl (C=O) groups excluding carboxylic acids is 2. The molecule has 3 aromatic rings. The molecule has 0 bridgehead atoms. The number of ether oxygens (including phenoxy) is 1. The molecule has 1 aliphatic rings. The maximum atomic E-state index is 13.2. The Labute approximate surface area is 206 Å². The van der Waals surface area contributed by atoms with Gasteiger partial charge < -0.3 is 14.2 Å². The molecule has 1 aliphatic heterocycles. The zero-order valence-corrected chi connectivity index (χ0v) is 20.6. The SMILES string of the molecule is COC(=O)C1CCN(c2ccc([C@@H](CC(=O)c3ccc(=O)n(C)c3)c3ccccc3C)cc2)CC1. The summed E-state index contributed by atoms with van der Waals surface area (Å²) in [5.74, 6) is -0.239. The van der Waals surface area contributed by atoms with Gasteiger partial charge in [-0.2, -0.15) is 0 Å². The van der Waals surface area contributed by atoms with E-state index in [2.05, 4.69) is 48.2 Å². The van der Waals surface area contributed by atoms with Crippen molar-refractivity contribution in [2.45, 2.75) is 32.1 Å². The maximum Gasteiger partial charge on any atom is 0.308 e. The van der Waals surface area contributed by atoms with Crippen molar-refractivity contribution in [3.8, 4) is 0 Å². The number of rotatable bonds is 7. The smallest absolute Gasteiger partial charge is 0.308 e. The minimum atomic E-state index is -0.136. The normalized spacial score (nSPS) is 15.0. The number of piperidine rings is 1. The van der Waals surface area contributed by atoms with E-state index >= 15 is 0 Å². The fourth-order valence-corrected chi connectivity index (χ4v) is 4.90. The molecule has 182 valence electrons. The van der Waals surface area contributed by atoms with Gasteiger partial charge in [0.05, 0.1) is 13.0 Å². The molecule has 35 heavy (non-hydrogen) atoms. The van der Waals surface area contributed by atoms with Crippen LogP contribution in [0.1, 0.15) is 52.2 Å². The average Bonchev–Trinajstić information content (AvgIpc) is 2.89. The number of hydrogen-bond donors (Lipinski definition) is 0. The fraction of sp³-hybridized carbons (Fsp3) is 0.345. The third-order valence-corrected chi connectivity index (χ3v) is 7.05. The van der Waals surface area contributed by atoms with Crippen LogP contribution < -0.4 is 10.5 Å². The Morgan fingerprint density at radius 2 is 1.69 bits per heavy atom. The first-order chi connectivity index (χ1) is 16.9. The second kappa shape index (κ2) is 10.7. The standard InChI is InChI=1S/C29H32N2O4/c1-20-6-4-5-7-25(20)26(18-27(32)23-10-13-28(33)30(2)19-23)21-8-11-24(12-9-21)31-16-14-22(15-17-31)29(34)35-3/h4-13,19,22,26H,14-18H2,1-3H3/t26-/m1/s1. The highest BCUT2D eigenvalue weighted by molar-refractivity contribution is 5.96. The first-order valence-corrected chi connectivity index (χ1v) is 12.1. The lowest BCUT2D eigenvalue weighted by molar-refractivity contribution is -0.146. The molecule has 4 rings (SSSR count). The number of aryl methyl sites for hydroxylation is 2. The lowest BCUT2D eigenvalue weighted by Gasteiger charge is -2.32. The first-order valence-electron chi connectivity index (χ1n) is 12.1. The second-order valence-corrected chi connectivity index (χ2v) is 9.28. The Bertz CT molecular complexity index is 1250. The number of ketones is 1. The van der Waals surface area contributed by atoms with Crippen molar-refractivity contribution in [1.82, 2.24) is 4.57 Å². The minimum absolute atomic E-state index is 0.00260. The Balaban J connectivity index is 1.56. The number of benzene rings is 2. The van der Waals surface area contributed by atoms with Gasteiger partial charge in [-0.25, -0.2) is 0 Å². The molecular formula is C29H32N2O4. The van der Waals surface area contributed by atoms with Crippen LogP contribution in [0.4, 0.5) is 5.69 Å². The summed E-state index contributed by atoms with van der Waals surface area (Å²) in [6.45, 7) is 3.69.